The van der Waals surface area contributed by atoms with Gasteiger partial charge in [0, 0.05) is 12.1 Å². The van der Waals surface area contributed by atoms with Crippen molar-refractivity contribution in [1.82, 2.24) is 9.66 Å². The number of para-hydroxylation sites is 1. The van der Waals surface area contributed by atoms with E-state index in [0.717, 1.165) is 10.3 Å². The predicted octanol–water partition coefficient (Wildman–Crippen LogP) is 3.91. The van der Waals surface area contributed by atoms with Gasteiger partial charge in [-0.05, 0) is 63.9 Å². The van der Waals surface area contributed by atoms with Gasteiger partial charge < -0.3 is 9.99 Å². The maximum Gasteiger partial charge on any atom is 0.197 e. The average Bonchev–Trinajstić information content (AvgIpc) is 2.67. The molecule has 1 aromatic carbocycles. The summed E-state index contributed by atoms with van der Waals surface area (Å²) in [6, 6.07) is 7.41. The van der Waals surface area contributed by atoms with Crippen molar-refractivity contribution in [1.29, 1.82) is 0 Å². The van der Waals surface area contributed by atoms with E-state index in [4.69, 9.17) is 12.2 Å². The molecule has 0 radical (unpaired) electrons. The first-order valence-electron chi connectivity index (χ1n) is 7.08. The summed E-state index contributed by atoms with van der Waals surface area (Å²) in [7, 11) is 0. The molecule has 1 saturated heterocycles. The Bertz CT molecular complexity index is 645. The number of aromatic nitrogens is 2. The number of benzene rings is 1. The third-order valence-corrected chi connectivity index (χ3v) is 4.54. The van der Waals surface area contributed by atoms with Crippen LogP contribution in [0.2, 0.25) is 0 Å². The van der Waals surface area contributed by atoms with Gasteiger partial charge in [0.15, 0.2) is 4.77 Å². The second kappa shape index (κ2) is 4.67. The summed E-state index contributed by atoms with van der Waals surface area (Å²) in [5, 5.41) is 2.46. The van der Waals surface area contributed by atoms with Crippen LogP contribution in [0.15, 0.2) is 18.2 Å². The summed E-state index contributed by atoms with van der Waals surface area (Å²) in [6.45, 7) is 6.75. The summed E-state index contributed by atoms with van der Waals surface area (Å²) < 4.78 is 3.04. The van der Waals surface area contributed by atoms with E-state index in [9.17, 15) is 0 Å². The quantitative estimate of drug-likeness (QED) is 0.798. The van der Waals surface area contributed by atoms with Crippen LogP contribution in [-0.4, -0.2) is 21.7 Å². The molecule has 0 spiro atoms. The van der Waals surface area contributed by atoms with E-state index >= 15 is 0 Å². The van der Waals surface area contributed by atoms with Crippen LogP contribution < -0.4 is 5.01 Å². The van der Waals surface area contributed by atoms with Crippen LogP contribution in [0.3, 0.4) is 0 Å². The van der Waals surface area contributed by atoms with Crippen molar-refractivity contribution in [3.8, 4) is 0 Å². The Balaban J connectivity index is 2.24. The highest BCUT2D eigenvalue weighted by Crippen LogP contribution is 2.26. The molecule has 2 heterocycles. The Hall–Kier alpha value is -1.29. The van der Waals surface area contributed by atoms with E-state index in [-0.39, 0.29) is 0 Å². The lowest BCUT2D eigenvalue weighted by atomic mass is 10.00. The minimum Gasteiger partial charge on any atom is -0.329 e. The molecule has 0 amide bonds. The standard InChI is InChI=1S/C15H21N3S/c1-10-6-4-9-13-14(10)18(15(19)16-13)17-11(2)7-5-8-12(17)3/h4,6,9,11-12H,5,7-8H2,1-3H3,(H,16,19). The van der Waals surface area contributed by atoms with Gasteiger partial charge in [-0.1, -0.05) is 12.1 Å². The molecule has 0 bridgehead atoms. The fraction of sp³-hybridized carbons (Fsp3) is 0.533. The molecular formula is C15H21N3S. The van der Waals surface area contributed by atoms with Crippen LogP contribution in [0.4, 0.5) is 0 Å². The number of fused-ring (bicyclic) bond motifs is 1. The highest BCUT2D eigenvalue weighted by atomic mass is 32.1. The molecule has 102 valence electrons. The van der Waals surface area contributed by atoms with Crippen LogP contribution in [0.5, 0.6) is 0 Å². The van der Waals surface area contributed by atoms with Crippen molar-refractivity contribution in [2.75, 3.05) is 5.01 Å². The molecule has 2 aromatic rings. The minimum atomic E-state index is 0.536. The molecule has 1 aliphatic rings. The van der Waals surface area contributed by atoms with Crippen molar-refractivity contribution in [2.24, 2.45) is 0 Å². The maximum atomic E-state index is 5.57. The highest BCUT2D eigenvalue weighted by Gasteiger charge is 2.27. The third-order valence-electron chi connectivity index (χ3n) is 4.26. The predicted molar refractivity (Wildman–Crippen MR) is 82.9 cm³/mol. The van der Waals surface area contributed by atoms with Crippen LogP contribution in [0.1, 0.15) is 38.7 Å². The molecule has 2 unspecified atom stereocenters. The van der Waals surface area contributed by atoms with E-state index < -0.39 is 0 Å². The van der Waals surface area contributed by atoms with Gasteiger partial charge in [-0.15, -0.1) is 0 Å². The van der Waals surface area contributed by atoms with Gasteiger partial charge in [0.25, 0.3) is 0 Å². The Morgan fingerprint density at radius 1 is 1.21 bits per heavy atom. The van der Waals surface area contributed by atoms with Gasteiger partial charge in [-0.2, -0.15) is 0 Å². The Morgan fingerprint density at radius 3 is 2.58 bits per heavy atom. The fourth-order valence-electron chi connectivity index (χ4n) is 3.33. The summed E-state index contributed by atoms with van der Waals surface area (Å²) in [5.74, 6) is 0. The molecule has 1 aliphatic heterocycles. The Kier molecular flexibility index (Phi) is 3.13. The highest BCUT2D eigenvalue weighted by molar-refractivity contribution is 7.71. The SMILES string of the molecule is Cc1cccc2[nH]c(=S)n(N3C(C)CCCC3C)c12. The number of aromatic amines is 1. The van der Waals surface area contributed by atoms with E-state index in [1.165, 1.54) is 30.3 Å². The number of rotatable bonds is 1. The van der Waals surface area contributed by atoms with Gasteiger partial charge in [-0.3, -0.25) is 0 Å². The normalized spacial score (nSPS) is 24.1. The lowest BCUT2D eigenvalue weighted by Crippen LogP contribution is -2.51. The summed E-state index contributed by atoms with van der Waals surface area (Å²) in [4.78, 5) is 3.34. The van der Waals surface area contributed by atoms with Crippen LogP contribution in [0.25, 0.3) is 11.0 Å². The van der Waals surface area contributed by atoms with Crippen molar-refractivity contribution < 1.29 is 0 Å². The molecule has 1 aromatic heterocycles. The topological polar surface area (TPSA) is 24.0 Å². The Labute approximate surface area is 119 Å². The number of hydrogen-bond donors (Lipinski definition) is 1. The van der Waals surface area contributed by atoms with Gasteiger partial charge in [0.2, 0.25) is 0 Å². The number of piperidine rings is 1. The van der Waals surface area contributed by atoms with Gasteiger partial charge in [0.05, 0.1) is 11.0 Å². The van der Waals surface area contributed by atoms with Crippen LogP contribution in [0, 0.1) is 11.7 Å². The second-order valence-electron chi connectivity index (χ2n) is 5.72. The zero-order valence-electron chi connectivity index (χ0n) is 11.8. The fourth-order valence-corrected chi connectivity index (χ4v) is 3.63. The first kappa shape index (κ1) is 12.7. The first-order valence-corrected chi connectivity index (χ1v) is 7.49. The zero-order valence-corrected chi connectivity index (χ0v) is 12.6. The smallest absolute Gasteiger partial charge is 0.197 e. The molecule has 1 fully saturated rings. The van der Waals surface area contributed by atoms with Gasteiger partial charge in [0.1, 0.15) is 0 Å². The van der Waals surface area contributed by atoms with Crippen molar-refractivity contribution >= 4 is 23.3 Å². The molecule has 19 heavy (non-hydrogen) atoms. The van der Waals surface area contributed by atoms with Crippen molar-refractivity contribution in [3.63, 3.8) is 0 Å². The van der Waals surface area contributed by atoms with E-state index in [1.54, 1.807) is 0 Å². The summed E-state index contributed by atoms with van der Waals surface area (Å²) in [5.41, 5.74) is 3.64. The van der Waals surface area contributed by atoms with E-state index in [0.29, 0.717) is 12.1 Å². The number of nitrogens with zero attached hydrogens (tertiary/aromatic N) is 2. The lowest BCUT2D eigenvalue weighted by molar-refractivity contribution is 0.339. The molecule has 3 nitrogen and oxygen atoms in total. The molecule has 0 saturated carbocycles. The summed E-state index contributed by atoms with van der Waals surface area (Å²) >= 11 is 5.57. The van der Waals surface area contributed by atoms with Crippen molar-refractivity contribution in [2.45, 2.75) is 52.1 Å². The molecule has 3 rings (SSSR count). The van der Waals surface area contributed by atoms with E-state index in [2.05, 4.69) is 53.6 Å². The first-order chi connectivity index (χ1) is 9.09. The third kappa shape index (κ3) is 1.98. The average molecular weight is 275 g/mol. The lowest BCUT2D eigenvalue weighted by Gasteiger charge is -2.41. The van der Waals surface area contributed by atoms with Crippen molar-refractivity contribution in [3.05, 3.63) is 28.5 Å². The van der Waals surface area contributed by atoms with Crippen LogP contribution in [-0.2, 0) is 0 Å². The maximum absolute atomic E-state index is 5.57. The van der Waals surface area contributed by atoms with Crippen LogP contribution >= 0.6 is 12.2 Å². The number of nitrogens with one attached hydrogen (secondary N) is 1. The van der Waals surface area contributed by atoms with Gasteiger partial charge >= 0.3 is 0 Å². The number of imidazole rings is 1. The minimum absolute atomic E-state index is 0.536. The Morgan fingerprint density at radius 2 is 1.89 bits per heavy atom. The second-order valence-corrected chi connectivity index (χ2v) is 6.11. The number of hydrogen-bond acceptors (Lipinski definition) is 2. The number of H-pyrrole nitrogens is 1. The zero-order chi connectivity index (χ0) is 13.6. The largest absolute Gasteiger partial charge is 0.329 e. The number of aryl methyl sites for hydroxylation is 1. The molecule has 1 N–H and O–H groups in total. The molecular weight excluding hydrogens is 254 g/mol. The molecule has 2 atom stereocenters. The molecule has 0 aliphatic carbocycles. The summed E-state index contributed by atoms with van der Waals surface area (Å²) in [6.07, 6.45) is 3.79. The van der Waals surface area contributed by atoms with E-state index in [1.807, 2.05) is 0 Å². The molecule has 4 heteroatoms. The monoisotopic (exact) mass is 275 g/mol. The van der Waals surface area contributed by atoms with Gasteiger partial charge in [-0.25, -0.2) is 4.68 Å².